The summed E-state index contributed by atoms with van der Waals surface area (Å²) in [6.45, 7) is 4.23. The van der Waals surface area contributed by atoms with Gasteiger partial charge in [-0.1, -0.05) is 19.1 Å². The Labute approximate surface area is 112 Å². The third kappa shape index (κ3) is 3.77. The molecule has 1 atom stereocenters. The highest BCUT2D eigenvalue weighted by atomic mass is 79.9. The summed E-state index contributed by atoms with van der Waals surface area (Å²) in [6.07, 6.45) is 5.23. The summed E-state index contributed by atoms with van der Waals surface area (Å²) in [7, 11) is 3.34. The summed E-state index contributed by atoms with van der Waals surface area (Å²) in [5.74, 6) is 2.17. The van der Waals surface area contributed by atoms with Crippen molar-refractivity contribution in [1.82, 2.24) is 0 Å². The maximum Gasteiger partial charge on any atom is 0.136 e. The summed E-state index contributed by atoms with van der Waals surface area (Å²) < 4.78 is 11.6. The predicted molar refractivity (Wildman–Crippen MR) is 74.9 cm³/mol. The number of rotatable bonds is 5. The average molecular weight is 299 g/mol. The molecule has 1 aromatic rings. The largest absolute Gasteiger partial charge is 0.496 e. The minimum atomic E-state index is 0.495. The molecule has 0 aliphatic heterocycles. The first-order valence-electron chi connectivity index (χ1n) is 5.65. The predicted octanol–water partition coefficient (Wildman–Crippen LogP) is 4.22. The van der Waals surface area contributed by atoms with Gasteiger partial charge in [0.05, 0.1) is 18.7 Å². The van der Waals surface area contributed by atoms with Crippen molar-refractivity contribution >= 4 is 15.9 Å². The molecule has 0 bridgehead atoms. The standard InChI is InChI=1S/C14H19BrO2/c1-5-6-10(2)7-11-8-12(15)14(17-4)9-13(11)16-3/h5-6,8-10H,7H2,1-4H3/b6-5-. The van der Waals surface area contributed by atoms with Crippen LogP contribution in [0.15, 0.2) is 28.8 Å². The van der Waals surface area contributed by atoms with Crippen molar-refractivity contribution in [3.05, 3.63) is 34.3 Å². The van der Waals surface area contributed by atoms with Crippen LogP contribution in [-0.4, -0.2) is 14.2 Å². The normalized spacial score (nSPS) is 12.8. The van der Waals surface area contributed by atoms with Gasteiger partial charge in [0, 0.05) is 6.07 Å². The number of halogens is 1. The third-order valence-electron chi connectivity index (χ3n) is 2.62. The molecule has 0 saturated heterocycles. The molecule has 0 aliphatic carbocycles. The SMILES string of the molecule is C/C=C\C(C)Cc1cc(Br)c(OC)cc1OC. The van der Waals surface area contributed by atoms with E-state index in [-0.39, 0.29) is 0 Å². The number of benzene rings is 1. The van der Waals surface area contributed by atoms with Crippen molar-refractivity contribution < 1.29 is 9.47 Å². The van der Waals surface area contributed by atoms with Crippen LogP contribution in [0.3, 0.4) is 0 Å². The zero-order valence-electron chi connectivity index (χ0n) is 10.8. The van der Waals surface area contributed by atoms with Gasteiger partial charge in [0.15, 0.2) is 0 Å². The average Bonchev–Trinajstić information content (AvgIpc) is 2.29. The third-order valence-corrected chi connectivity index (χ3v) is 3.24. The molecule has 17 heavy (non-hydrogen) atoms. The summed E-state index contributed by atoms with van der Waals surface area (Å²) >= 11 is 3.50. The van der Waals surface area contributed by atoms with E-state index in [0.717, 1.165) is 22.4 Å². The highest BCUT2D eigenvalue weighted by Gasteiger charge is 2.11. The van der Waals surface area contributed by atoms with E-state index in [1.54, 1.807) is 14.2 Å². The zero-order chi connectivity index (χ0) is 12.8. The van der Waals surface area contributed by atoms with Crippen LogP contribution in [-0.2, 0) is 6.42 Å². The Morgan fingerprint density at radius 1 is 1.24 bits per heavy atom. The monoisotopic (exact) mass is 298 g/mol. The number of methoxy groups -OCH3 is 2. The molecule has 0 heterocycles. The Morgan fingerprint density at radius 3 is 2.41 bits per heavy atom. The van der Waals surface area contributed by atoms with Gasteiger partial charge >= 0.3 is 0 Å². The van der Waals surface area contributed by atoms with E-state index in [1.807, 2.05) is 13.0 Å². The van der Waals surface area contributed by atoms with Crippen LogP contribution in [0.2, 0.25) is 0 Å². The number of hydrogen-bond acceptors (Lipinski definition) is 2. The van der Waals surface area contributed by atoms with E-state index in [2.05, 4.69) is 41.1 Å². The van der Waals surface area contributed by atoms with Gasteiger partial charge in [0.25, 0.3) is 0 Å². The summed E-state index contributed by atoms with van der Waals surface area (Å²) in [5, 5.41) is 0. The first kappa shape index (κ1) is 14.1. The van der Waals surface area contributed by atoms with Crippen LogP contribution < -0.4 is 9.47 Å². The first-order chi connectivity index (χ1) is 8.12. The maximum absolute atomic E-state index is 5.40. The lowest BCUT2D eigenvalue weighted by Gasteiger charge is -2.14. The molecule has 0 aliphatic rings. The fourth-order valence-corrected chi connectivity index (χ4v) is 2.38. The molecular weight excluding hydrogens is 280 g/mol. The molecule has 0 N–H and O–H groups in total. The fourth-order valence-electron chi connectivity index (χ4n) is 1.83. The van der Waals surface area contributed by atoms with Crippen molar-refractivity contribution in [2.45, 2.75) is 20.3 Å². The highest BCUT2D eigenvalue weighted by molar-refractivity contribution is 9.10. The molecule has 0 amide bonds. The maximum atomic E-state index is 5.40. The Morgan fingerprint density at radius 2 is 1.88 bits per heavy atom. The number of allylic oxidation sites excluding steroid dienone is 2. The van der Waals surface area contributed by atoms with Crippen LogP contribution in [0.1, 0.15) is 19.4 Å². The van der Waals surface area contributed by atoms with Crippen LogP contribution in [0.5, 0.6) is 11.5 Å². The van der Waals surface area contributed by atoms with Gasteiger partial charge in [-0.15, -0.1) is 0 Å². The van der Waals surface area contributed by atoms with Gasteiger partial charge in [0.2, 0.25) is 0 Å². The van der Waals surface area contributed by atoms with Gasteiger partial charge < -0.3 is 9.47 Å². The molecule has 0 saturated carbocycles. The summed E-state index contributed by atoms with van der Waals surface area (Å²) in [6, 6.07) is 3.99. The quantitative estimate of drug-likeness (QED) is 0.758. The van der Waals surface area contributed by atoms with E-state index in [1.165, 1.54) is 5.56 Å². The van der Waals surface area contributed by atoms with Crippen molar-refractivity contribution in [3.8, 4) is 11.5 Å². The van der Waals surface area contributed by atoms with Crippen molar-refractivity contribution in [3.63, 3.8) is 0 Å². The molecular formula is C14H19BrO2. The lowest BCUT2D eigenvalue weighted by Crippen LogP contribution is -2.00. The second-order valence-corrected chi connectivity index (χ2v) is 4.86. The Hall–Kier alpha value is -0.960. The molecule has 1 unspecified atom stereocenters. The smallest absolute Gasteiger partial charge is 0.136 e. The van der Waals surface area contributed by atoms with Crippen LogP contribution in [0, 0.1) is 5.92 Å². The van der Waals surface area contributed by atoms with Gasteiger partial charge in [-0.25, -0.2) is 0 Å². The molecule has 0 radical (unpaired) electrons. The highest BCUT2D eigenvalue weighted by Crippen LogP contribution is 2.34. The fraction of sp³-hybridized carbons (Fsp3) is 0.429. The Bertz CT molecular complexity index is 399. The van der Waals surface area contributed by atoms with Gasteiger partial charge in [-0.2, -0.15) is 0 Å². The lowest BCUT2D eigenvalue weighted by atomic mass is 10.00. The molecule has 0 spiro atoms. The molecule has 94 valence electrons. The second kappa shape index (κ2) is 6.70. The van der Waals surface area contributed by atoms with Crippen molar-refractivity contribution in [1.29, 1.82) is 0 Å². The van der Waals surface area contributed by atoms with E-state index in [4.69, 9.17) is 9.47 Å². The Kier molecular flexibility index (Phi) is 5.56. The summed E-state index contributed by atoms with van der Waals surface area (Å²) in [5.41, 5.74) is 1.19. The molecule has 1 rings (SSSR count). The Balaban J connectivity index is 3.02. The van der Waals surface area contributed by atoms with Gasteiger partial charge in [-0.05, 0) is 46.8 Å². The minimum absolute atomic E-state index is 0.495. The number of ether oxygens (including phenoxy) is 2. The van der Waals surface area contributed by atoms with Gasteiger partial charge in [0.1, 0.15) is 11.5 Å². The van der Waals surface area contributed by atoms with Crippen LogP contribution >= 0.6 is 15.9 Å². The lowest BCUT2D eigenvalue weighted by molar-refractivity contribution is 0.388. The molecule has 2 nitrogen and oxygen atoms in total. The topological polar surface area (TPSA) is 18.5 Å². The summed E-state index contributed by atoms with van der Waals surface area (Å²) in [4.78, 5) is 0. The van der Waals surface area contributed by atoms with E-state index in [0.29, 0.717) is 5.92 Å². The molecule has 0 fully saturated rings. The molecule has 0 aromatic heterocycles. The van der Waals surface area contributed by atoms with Crippen molar-refractivity contribution in [2.75, 3.05) is 14.2 Å². The van der Waals surface area contributed by atoms with Crippen molar-refractivity contribution in [2.24, 2.45) is 5.92 Å². The first-order valence-corrected chi connectivity index (χ1v) is 6.44. The molecule has 1 aromatic carbocycles. The zero-order valence-corrected chi connectivity index (χ0v) is 12.4. The van der Waals surface area contributed by atoms with E-state index in [9.17, 15) is 0 Å². The van der Waals surface area contributed by atoms with E-state index >= 15 is 0 Å². The number of hydrogen-bond donors (Lipinski definition) is 0. The minimum Gasteiger partial charge on any atom is -0.496 e. The van der Waals surface area contributed by atoms with Crippen LogP contribution in [0.4, 0.5) is 0 Å². The second-order valence-electron chi connectivity index (χ2n) is 4.01. The van der Waals surface area contributed by atoms with Crippen LogP contribution in [0.25, 0.3) is 0 Å². The molecule has 3 heteroatoms. The van der Waals surface area contributed by atoms with E-state index < -0.39 is 0 Å². The van der Waals surface area contributed by atoms with Gasteiger partial charge in [-0.3, -0.25) is 0 Å².